The molecule has 0 saturated carbocycles. The fourth-order valence-corrected chi connectivity index (χ4v) is 4.31. The molecule has 3 heterocycles. The Hall–Kier alpha value is -2.25. The van der Waals surface area contributed by atoms with Gasteiger partial charge in [-0.05, 0) is 62.3 Å². The van der Waals surface area contributed by atoms with E-state index in [1.807, 2.05) is 24.3 Å². The molecular weight excluding hydrogens is 360 g/mol. The van der Waals surface area contributed by atoms with Crippen LogP contribution in [0.3, 0.4) is 0 Å². The molecule has 1 aliphatic heterocycles. The molecule has 4 rings (SSSR count). The number of hydrogen-bond acceptors (Lipinski definition) is 6. The van der Waals surface area contributed by atoms with Crippen LogP contribution < -0.4 is 0 Å². The summed E-state index contributed by atoms with van der Waals surface area (Å²) in [7, 11) is 0. The fourth-order valence-electron chi connectivity index (χ4n) is 3.37. The van der Waals surface area contributed by atoms with Crippen LogP contribution in [0.4, 0.5) is 0 Å². The van der Waals surface area contributed by atoms with Gasteiger partial charge in [-0.15, -0.1) is 10.2 Å². The van der Waals surface area contributed by atoms with Gasteiger partial charge in [0.1, 0.15) is 11.5 Å². The van der Waals surface area contributed by atoms with Crippen molar-refractivity contribution in [1.29, 1.82) is 0 Å². The van der Waals surface area contributed by atoms with Crippen molar-refractivity contribution in [3.05, 3.63) is 48.4 Å². The lowest BCUT2D eigenvalue weighted by Gasteiger charge is -2.25. The summed E-state index contributed by atoms with van der Waals surface area (Å²) in [6.45, 7) is 4.08. The quantitative estimate of drug-likeness (QED) is 0.624. The minimum Gasteiger partial charge on any atom is -0.508 e. The summed E-state index contributed by atoms with van der Waals surface area (Å²) in [4.78, 5) is 2.53. The number of furan rings is 1. The van der Waals surface area contributed by atoms with Crippen LogP contribution in [0, 0.1) is 0 Å². The topological polar surface area (TPSA) is 67.3 Å². The highest BCUT2D eigenvalue weighted by Gasteiger charge is 2.17. The van der Waals surface area contributed by atoms with E-state index >= 15 is 0 Å². The van der Waals surface area contributed by atoms with Crippen LogP contribution in [0.2, 0.25) is 0 Å². The van der Waals surface area contributed by atoms with Crippen LogP contribution >= 0.6 is 11.8 Å². The van der Waals surface area contributed by atoms with Gasteiger partial charge in [-0.3, -0.25) is 4.57 Å². The lowest BCUT2D eigenvalue weighted by Crippen LogP contribution is -2.31. The second kappa shape index (κ2) is 8.63. The van der Waals surface area contributed by atoms with E-state index in [2.05, 4.69) is 19.7 Å². The van der Waals surface area contributed by atoms with Gasteiger partial charge in [0.25, 0.3) is 0 Å². The first-order valence-electron chi connectivity index (χ1n) is 9.40. The molecule has 27 heavy (non-hydrogen) atoms. The van der Waals surface area contributed by atoms with Crippen molar-refractivity contribution in [2.75, 3.05) is 25.4 Å². The molecule has 0 radical (unpaired) electrons. The van der Waals surface area contributed by atoms with Gasteiger partial charge >= 0.3 is 0 Å². The second-order valence-electron chi connectivity index (χ2n) is 6.77. The van der Waals surface area contributed by atoms with Crippen molar-refractivity contribution in [3.8, 4) is 17.1 Å². The number of benzene rings is 1. The SMILES string of the molecule is Oc1ccc(-c2nnc(SCCN3CCCCC3)n2Cc2ccco2)cc1. The highest BCUT2D eigenvalue weighted by Crippen LogP contribution is 2.26. The average molecular weight is 385 g/mol. The molecule has 0 bridgehead atoms. The van der Waals surface area contributed by atoms with Crippen molar-refractivity contribution in [2.45, 2.75) is 31.0 Å². The Balaban J connectivity index is 1.52. The first kappa shape index (κ1) is 18.1. The van der Waals surface area contributed by atoms with Crippen molar-refractivity contribution in [3.63, 3.8) is 0 Å². The largest absolute Gasteiger partial charge is 0.508 e. The van der Waals surface area contributed by atoms with E-state index in [-0.39, 0.29) is 5.75 Å². The number of likely N-dealkylation sites (tertiary alicyclic amines) is 1. The Morgan fingerprint density at radius 1 is 1.04 bits per heavy atom. The first-order chi connectivity index (χ1) is 13.3. The number of piperidine rings is 1. The average Bonchev–Trinajstić information content (AvgIpc) is 3.34. The van der Waals surface area contributed by atoms with Gasteiger partial charge in [0.15, 0.2) is 11.0 Å². The van der Waals surface area contributed by atoms with Crippen molar-refractivity contribution in [1.82, 2.24) is 19.7 Å². The zero-order valence-electron chi connectivity index (χ0n) is 15.3. The van der Waals surface area contributed by atoms with E-state index in [9.17, 15) is 5.11 Å². The molecule has 1 saturated heterocycles. The van der Waals surface area contributed by atoms with Gasteiger partial charge < -0.3 is 14.4 Å². The Bertz CT molecular complexity index is 840. The summed E-state index contributed by atoms with van der Waals surface area (Å²) in [6.07, 6.45) is 5.66. The van der Waals surface area contributed by atoms with Gasteiger partial charge in [0.2, 0.25) is 0 Å². The van der Waals surface area contributed by atoms with E-state index in [0.717, 1.165) is 34.6 Å². The maximum atomic E-state index is 9.56. The van der Waals surface area contributed by atoms with E-state index in [4.69, 9.17) is 4.42 Å². The predicted octanol–water partition coefficient (Wildman–Crippen LogP) is 3.87. The molecule has 0 atom stereocenters. The Kier molecular flexibility index (Phi) is 5.79. The lowest BCUT2D eigenvalue weighted by molar-refractivity contribution is 0.242. The summed E-state index contributed by atoms with van der Waals surface area (Å²) in [6, 6.07) is 10.9. The molecule has 1 fully saturated rings. The minimum atomic E-state index is 0.243. The summed E-state index contributed by atoms with van der Waals surface area (Å²) in [5, 5.41) is 19.3. The molecule has 7 heteroatoms. The molecule has 2 aromatic heterocycles. The van der Waals surface area contributed by atoms with Gasteiger partial charge in [0.05, 0.1) is 12.8 Å². The zero-order chi connectivity index (χ0) is 18.5. The molecule has 6 nitrogen and oxygen atoms in total. The number of phenolic OH excluding ortho intramolecular Hbond substituents is 1. The van der Waals surface area contributed by atoms with Crippen LogP contribution in [0.25, 0.3) is 11.4 Å². The third-order valence-electron chi connectivity index (χ3n) is 4.82. The summed E-state index contributed by atoms with van der Waals surface area (Å²) < 4.78 is 7.63. The molecule has 0 amide bonds. The molecule has 1 aliphatic rings. The number of aromatic nitrogens is 3. The normalized spacial score (nSPS) is 15.3. The third kappa shape index (κ3) is 4.54. The smallest absolute Gasteiger partial charge is 0.191 e. The maximum absolute atomic E-state index is 9.56. The van der Waals surface area contributed by atoms with E-state index in [0.29, 0.717) is 6.54 Å². The van der Waals surface area contributed by atoms with Gasteiger partial charge in [-0.25, -0.2) is 0 Å². The van der Waals surface area contributed by atoms with Crippen molar-refractivity contribution < 1.29 is 9.52 Å². The first-order valence-corrected chi connectivity index (χ1v) is 10.4. The molecule has 0 unspecified atom stereocenters. The number of hydrogen-bond donors (Lipinski definition) is 1. The summed E-state index contributed by atoms with van der Waals surface area (Å²) in [5.74, 6) is 2.89. The molecule has 1 N–H and O–H groups in total. The van der Waals surface area contributed by atoms with Gasteiger partial charge in [0, 0.05) is 17.9 Å². The van der Waals surface area contributed by atoms with Crippen LogP contribution in [0.1, 0.15) is 25.0 Å². The standard InChI is InChI=1S/C20H24N4O2S/c25-17-8-6-16(7-9-17)19-21-22-20(24(19)15-18-5-4-13-26-18)27-14-12-23-10-2-1-3-11-23/h4-9,13,25H,1-3,10-12,14-15H2. The predicted molar refractivity (Wildman–Crippen MR) is 106 cm³/mol. The van der Waals surface area contributed by atoms with Crippen LogP contribution in [-0.4, -0.2) is 50.2 Å². The summed E-state index contributed by atoms with van der Waals surface area (Å²) >= 11 is 1.74. The van der Waals surface area contributed by atoms with E-state index in [1.54, 1.807) is 30.2 Å². The van der Waals surface area contributed by atoms with Gasteiger partial charge in [-0.1, -0.05) is 18.2 Å². The number of phenols is 1. The van der Waals surface area contributed by atoms with Crippen molar-refractivity contribution >= 4 is 11.8 Å². The highest BCUT2D eigenvalue weighted by molar-refractivity contribution is 7.99. The van der Waals surface area contributed by atoms with Crippen LogP contribution in [-0.2, 0) is 6.54 Å². The number of thioether (sulfide) groups is 1. The lowest BCUT2D eigenvalue weighted by atomic mass is 10.1. The zero-order valence-corrected chi connectivity index (χ0v) is 16.1. The number of aromatic hydroxyl groups is 1. The van der Waals surface area contributed by atoms with E-state index < -0.39 is 0 Å². The monoisotopic (exact) mass is 384 g/mol. The number of rotatable bonds is 7. The molecule has 3 aromatic rings. The molecular formula is C20H24N4O2S. The Labute approximate surface area is 163 Å². The fraction of sp³-hybridized carbons (Fsp3) is 0.400. The Morgan fingerprint density at radius 2 is 1.85 bits per heavy atom. The van der Waals surface area contributed by atoms with Crippen LogP contribution in [0.15, 0.2) is 52.2 Å². The minimum absolute atomic E-state index is 0.243. The second-order valence-corrected chi connectivity index (χ2v) is 7.83. The Morgan fingerprint density at radius 3 is 2.59 bits per heavy atom. The summed E-state index contributed by atoms with van der Waals surface area (Å²) in [5.41, 5.74) is 0.926. The van der Waals surface area contributed by atoms with Gasteiger partial charge in [-0.2, -0.15) is 0 Å². The molecule has 142 valence electrons. The molecule has 1 aromatic carbocycles. The van der Waals surface area contributed by atoms with Crippen molar-refractivity contribution in [2.24, 2.45) is 0 Å². The molecule has 0 aliphatic carbocycles. The highest BCUT2D eigenvalue weighted by atomic mass is 32.2. The van der Waals surface area contributed by atoms with E-state index in [1.165, 1.54) is 32.4 Å². The number of nitrogens with zero attached hydrogens (tertiary/aromatic N) is 4. The maximum Gasteiger partial charge on any atom is 0.191 e. The van der Waals surface area contributed by atoms with Crippen LogP contribution in [0.5, 0.6) is 5.75 Å². The third-order valence-corrected chi connectivity index (χ3v) is 5.77. The molecule has 0 spiro atoms.